The minimum absolute atomic E-state index is 0.207. The van der Waals surface area contributed by atoms with Gasteiger partial charge in [0.1, 0.15) is 6.42 Å². The van der Waals surface area contributed by atoms with Crippen molar-refractivity contribution in [3.63, 3.8) is 0 Å². The Labute approximate surface area is 123 Å². The molecule has 1 heterocycles. The van der Waals surface area contributed by atoms with Crippen LogP contribution in [0.1, 0.15) is 17.7 Å². The maximum absolute atomic E-state index is 11.8. The van der Waals surface area contributed by atoms with Crippen LogP contribution in [-0.2, 0) is 16.1 Å². The number of carbonyl (C=O) groups is 2. The minimum atomic E-state index is -0.331. The lowest BCUT2D eigenvalue weighted by Crippen LogP contribution is -2.28. The molecule has 0 aliphatic rings. The molecule has 0 aliphatic carbocycles. The van der Waals surface area contributed by atoms with E-state index in [9.17, 15) is 9.59 Å². The Hall–Kier alpha value is -2.69. The van der Waals surface area contributed by atoms with Crippen molar-refractivity contribution in [2.75, 3.05) is 5.32 Å². The third-order valence-corrected chi connectivity index (χ3v) is 2.93. The fourth-order valence-corrected chi connectivity index (χ4v) is 1.81. The van der Waals surface area contributed by atoms with E-state index in [-0.39, 0.29) is 18.2 Å². The summed E-state index contributed by atoms with van der Waals surface area (Å²) in [5.41, 5.74) is 2.44. The van der Waals surface area contributed by atoms with Crippen molar-refractivity contribution in [2.24, 2.45) is 0 Å². The van der Waals surface area contributed by atoms with Gasteiger partial charge in [-0.05, 0) is 30.7 Å². The van der Waals surface area contributed by atoms with Gasteiger partial charge in [-0.1, -0.05) is 24.3 Å². The van der Waals surface area contributed by atoms with Crippen LogP contribution in [0.5, 0.6) is 0 Å². The number of aryl methyl sites for hydroxylation is 1. The van der Waals surface area contributed by atoms with Gasteiger partial charge in [-0.15, -0.1) is 0 Å². The van der Waals surface area contributed by atoms with Crippen molar-refractivity contribution in [3.05, 3.63) is 59.9 Å². The van der Waals surface area contributed by atoms with Crippen LogP contribution in [0.15, 0.2) is 48.7 Å². The first-order chi connectivity index (χ1) is 10.1. The van der Waals surface area contributed by atoms with Gasteiger partial charge in [0, 0.05) is 11.9 Å². The van der Waals surface area contributed by atoms with Crippen LogP contribution < -0.4 is 10.6 Å². The summed E-state index contributed by atoms with van der Waals surface area (Å²) >= 11 is 0. The number of pyridine rings is 1. The molecule has 0 spiro atoms. The zero-order valence-corrected chi connectivity index (χ0v) is 11.8. The highest BCUT2D eigenvalue weighted by Crippen LogP contribution is 2.13. The number of hydrogen-bond donors (Lipinski definition) is 2. The number of anilines is 1. The second-order valence-corrected chi connectivity index (χ2v) is 4.64. The fourth-order valence-electron chi connectivity index (χ4n) is 1.81. The molecule has 2 N–H and O–H groups in total. The molecule has 2 rings (SSSR count). The summed E-state index contributed by atoms with van der Waals surface area (Å²) in [5.74, 6) is -0.658. The quantitative estimate of drug-likeness (QED) is 0.825. The third kappa shape index (κ3) is 4.72. The maximum Gasteiger partial charge on any atom is 0.233 e. The van der Waals surface area contributed by atoms with Crippen LogP contribution >= 0.6 is 0 Å². The lowest BCUT2D eigenvalue weighted by Gasteiger charge is -2.08. The Balaban J connectivity index is 1.80. The van der Waals surface area contributed by atoms with E-state index in [0.29, 0.717) is 6.54 Å². The Morgan fingerprint density at radius 2 is 1.81 bits per heavy atom. The van der Waals surface area contributed by atoms with Gasteiger partial charge in [0.25, 0.3) is 0 Å². The molecule has 2 amide bonds. The number of rotatable bonds is 5. The molecular formula is C16H17N3O2. The van der Waals surface area contributed by atoms with Crippen molar-refractivity contribution in [3.8, 4) is 0 Å². The summed E-state index contributed by atoms with van der Waals surface area (Å²) in [7, 11) is 0. The zero-order valence-electron chi connectivity index (χ0n) is 11.8. The van der Waals surface area contributed by atoms with E-state index in [4.69, 9.17) is 0 Å². The van der Waals surface area contributed by atoms with Crippen molar-refractivity contribution in [2.45, 2.75) is 19.9 Å². The first-order valence-electron chi connectivity index (χ1n) is 6.67. The number of aromatic nitrogens is 1. The van der Waals surface area contributed by atoms with Crippen LogP contribution in [-0.4, -0.2) is 16.8 Å². The molecule has 108 valence electrons. The van der Waals surface area contributed by atoms with Crippen molar-refractivity contribution >= 4 is 17.5 Å². The monoisotopic (exact) mass is 283 g/mol. The predicted molar refractivity (Wildman–Crippen MR) is 80.5 cm³/mol. The van der Waals surface area contributed by atoms with E-state index < -0.39 is 0 Å². The number of carbonyl (C=O) groups excluding carboxylic acids is 2. The van der Waals surface area contributed by atoms with Crippen LogP contribution in [0.25, 0.3) is 0 Å². The highest BCUT2D eigenvalue weighted by atomic mass is 16.2. The first kappa shape index (κ1) is 14.7. The molecule has 0 aliphatic heterocycles. The second kappa shape index (κ2) is 7.19. The highest BCUT2D eigenvalue weighted by molar-refractivity contribution is 6.03. The average Bonchev–Trinajstić information content (AvgIpc) is 2.48. The molecule has 1 aromatic carbocycles. The van der Waals surface area contributed by atoms with E-state index in [0.717, 1.165) is 16.9 Å². The molecule has 5 nitrogen and oxygen atoms in total. The minimum Gasteiger partial charge on any atom is -0.350 e. The molecule has 0 radical (unpaired) electrons. The second-order valence-electron chi connectivity index (χ2n) is 4.64. The molecule has 0 bridgehead atoms. The molecule has 21 heavy (non-hydrogen) atoms. The molecule has 0 fully saturated rings. The molecule has 0 atom stereocenters. The normalized spacial score (nSPS) is 9.95. The molecule has 2 aromatic rings. The number of amides is 2. The van der Waals surface area contributed by atoms with Gasteiger partial charge in [0.2, 0.25) is 11.8 Å². The largest absolute Gasteiger partial charge is 0.350 e. The number of hydrogen-bond acceptors (Lipinski definition) is 3. The number of nitrogens with zero attached hydrogens (tertiary/aromatic N) is 1. The van der Waals surface area contributed by atoms with E-state index >= 15 is 0 Å². The fraction of sp³-hybridized carbons (Fsp3) is 0.188. The van der Waals surface area contributed by atoms with Crippen LogP contribution in [0, 0.1) is 6.92 Å². The number of benzene rings is 1. The van der Waals surface area contributed by atoms with Gasteiger partial charge < -0.3 is 10.6 Å². The zero-order chi connectivity index (χ0) is 15.1. The van der Waals surface area contributed by atoms with Crippen molar-refractivity contribution in [1.29, 1.82) is 0 Å². The van der Waals surface area contributed by atoms with E-state index in [2.05, 4.69) is 15.6 Å². The van der Waals surface area contributed by atoms with Crippen LogP contribution in [0.2, 0.25) is 0 Å². The molecule has 5 heteroatoms. The molecule has 0 unspecified atom stereocenters. The molecular weight excluding hydrogens is 266 g/mol. The van der Waals surface area contributed by atoms with Gasteiger partial charge in [0.05, 0.1) is 12.2 Å². The molecule has 0 saturated carbocycles. The summed E-state index contributed by atoms with van der Waals surface area (Å²) in [6.07, 6.45) is 1.45. The Morgan fingerprint density at radius 3 is 2.52 bits per heavy atom. The van der Waals surface area contributed by atoms with Gasteiger partial charge in [-0.2, -0.15) is 0 Å². The smallest absolute Gasteiger partial charge is 0.233 e. The first-order valence-corrected chi connectivity index (χ1v) is 6.67. The summed E-state index contributed by atoms with van der Waals surface area (Å²) in [6.45, 7) is 2.22. The van der Waals surface area contributed by atoms with Crippen molar-refractivity contribution in [1.82, 2.24) is 10.3 Å². The number of nitrogens with one attached hydrogen (secondary N) is 2. The predicted octanol–water partition coefficient (Wildman–Crippen LogP) is 2.04. The lowest BCUT2D eigenvalue weighted by molar-refractivity contribution is -0.126. The Morgan fingerprint density at radius 1 is 1.05 bits per heavy atom. The standard InChI is InChI=1S/C16H17N3O2/c1-12-6-2-3-8-14(12)19-16(21)10-15(20)18-11-13-7-4-5-9-17-13/h2-9H,10-11H2,1H3,(H,18,20)(H,19,21). The summed E-state index contributed by atoms with van der Waals surface area (Å²) < 4.78 is 0. The third-order valence-electron chi connectivity index (χ3n) is 2.93. The summed E-state index contributed by atoms with van der Waals surface area (Å²) in [5, 5.41) is 5.39. The SMILES string of the molecule is Cc1ccccc1NC(=O)CC(=O)NCc1ccccn1. The number of para-hydroxylation sites is 1. The summed E-state index contributed by atoms with van der Waals surface area (Å²) in [6, 6.07) is 12.9. The van der Waals surface area contributed by atoms with Crippen LogP contribution in [0.3, 0.4) is 0 Å². The molecule has 1 aromatic heterocycles. The van der Waals surface area contributed by atoms with E-state index in [1.54, 1.807) is 18.3 Å². The average molecular weight is 283 g/mol. The van der Waals surface area contributed by atoms with Gasteiger partial charge in [-0.3, -0.25) is 14.6 Å². The Bertz CT molecular complexity index is 626. The highest BCUT2D eigenvalue weighted by Gasteiger charge is 2.10. The Kier molecular flexibility index (Phi) is 5.04. The summed E-state index contributed by atoms with van der Waals surface area (Å²) in [4.78, 5) is 27.6. The van der Waals surface area contributed by atoms with Crippen molar-refractivity contribution < 1.29 is 9.59 Å². The van der Waals surface area contributed by atoms with E-state index in [1.807, 2.05) is 37.3 Å². The van der Waals surface area contributed by atoms with E-state index in [1.165, 1.54) is 0 Å². The molecule has 0 saturated heterocycles. The maximum atomic E-state index is 11.8. The van der Waals surface area contributed by atoms with Gasteiger partial charge in [0.15, 0.2) is 0 Å². The van der Waals surface area contributed by atoms with Gasteiger partial charge in [-0.25, -0.2) is 0 Å². The van der Waals surface area contributed by atoms with Gasteiger partial charge >= 0.3 is 0 Å². The van der Waals surface area contributed by atoms with Crippen LogP contribution in [0.4, 0.5) is 5.69 Å². The topological polar surface area (TPSA) is 71.1 Å². The lowest BCUT2D eigenvalue weighted by atomic mass is 10.2.